The van der Waals surface area contributed by atoms with E-state index in [2.05, 4.69) is 19.1 Å². The van der Waals surface area contributed by atoms with Crippen molar-refractivity contribution >= 4 is 21.7 Å². The lowest BCUT2D eigenvalue weighted by Gasteiger charge is -2.12. The van der Waals surface area contributed by atoms with E-state index in [-0.39, 0.29) is 5.56 Å². The predicted molar refractivity (Wildman–Crippen MR) is 76.2 cm³/mol. The van der Waals surface area contributed by atoms with E-state index in [1.165, 1.54) is 0 Å². The maximum Gasteiger partial charge on any atom is 0.258 e. The molecule has 0 bridgehead atoms. The van der Waals surface area contributed by atoms with Gasteiger partial charge in [-0.25, -0.2) is 0 Å². The lowest BCUT2D eigenvalue weighted by atomic mass is 10.00. The molecule has 3 aromatic rings. The van der Waals surface area contributed by atoms with Crippen LogP contribution in [0.5, 0.6) is 0 Å². The fraction of sp³-hybridized carbons (Fsp3) is 0.188. The van der Waals surface area contributed by atoms with Crippen LogP contribution < -0.4 is 5.56 Å². The summed E-state index contributed by atoms with van der Waals surface area (Å²) in [5, 5.41) is 3.04. The van der Waals surface area contributed by atoms with Crippen LogP contribution in [0.3, 0.4) is 0 Å². The molecule has 0 amide bonds. The average molecular weight is 237 g/mol. The molecule has 0 unspecified atom stereocenters. The van der Waals surface area contributed by atoms with E-state index in [4.69, 9.17) is 0 Å². The zero-order chi connectivity index (χ0) is 12.9. The van der Waals surface area contributed by atoms with Gasteiger partial charge in [0.05, 0.1) is 5.52 Å². The molecular formula is C16H15NO. The smallest absolute Gasteiger partial charge is 0.258 e. The number of hydrogen-bond donors (Lipinski definition) is 0. The minimum atomic E-state index is 0.0792. The van der Waals surface area contributed by atoms with Crippen LogP contribution in [-0.4, -0.2) is 4.57 Å². The Hall–Kier alpha value is -2.09. The quantitative estimate of drug-likeness (QED) is 0.550. The number of nitrogens with zero attached hydrogens (tertiary/aromatic N) is 1. The molecule has 18 heavy (non-hydrogen) atoms. The number of aromatic nitrogens is 1. The normalized spacial score (nSPS) is 11.3. The number of pyridine rings is 1. The molecule has 1 heterocycles. The summed E-state index contributed by atoms with van der Waals surface area (Å²) in [4.78, 5) is 12.4. The molecule has 0 aliphatic heterocycles. The molecule has 0 aliphatic carbocycles. The van der Waals surface area contributed by atoms with Crippen molar-refractivity contribution in [1.82, 2.24) is 4.57 Å². The standard InChI is InChI=1S/C16H15NO/c1-10-6-4-9-13-14(10)12-8-5-7-11(2)15(12)17(3)16(13)18/h4-9H,1-3H3. The average Bonchev–Trinajstić information content (AvgIpc) is 2.35. The minimum Gasteiger partial charge on any atom is -0.311 e. The van der Waals surface area contributed by atoms with Crippen LogP contribution in [0.2, 0.25) is 0 Å². The highest BCUT2D eigenvalue weighted by atomic mass is 16.1. The van der Waals surface area contributed by atoms with E-state index in [1.54, 1.807) is 4.57 Å². The van der Waals surface area contributed by atoms with Crippen molar-refractivity contribution in [2.75, 3.05) is 0 Å². The second-order valence-electron chi connectivity index (χ2n) is 4.83. The molecule has 1 aromatic heterocycles. The van der Waals surface area contributed by atoms with E-state index in [1.807, 2.05) is 38.2 Å². The molecule has 0 N–H and O–H groups in total. The molecular weight excluding hydrogens is 222 g/mol. The van der Waals surface area contributed by atoms with Crippen molar-refractivity contribution < 1.29 is 0 Å². The van der Waals surface area contributed by atoms with Crippen LogP contribution in [0.25, 0.3) is 21.7 Å². The molecule has 0 aliphatic rings. The minimum absolute atomic E-state index is 0.0792. The second-order valence-corrected chi connectivity index (χ2v) is 4.83. The van der Waals surface area contributed by atoms with Gasteiger partial charge in [0.2, 0.25) is 0 Å². The van der Waals surface area contributed by atoms with Gasteiger partial charge >= 0.3 is 0 Å². The van der Waals surface area contributed by atoms with Crippen LogP contribution in [0.15, 0.2) is 41.2 Å². The van der Waals surface area contributed by atoms with Gasteiger partial charge < -0.3 is 4.57 Å². The van der Waals surface area contributed by atoms with Crippen LogP contribution >= 0.6 is 0 Å². The monoisotopic (exact) mass is 237 g/mol. The SMILES string of the molecule is Cc1cccc2c(=O)n(C)c3c(C)cccc3c12. The largest absolute Gasteiger partial charge is 0.311 e. The molecule has 3 rings (SSSR count). The van der Waals surface area contributed by atoms with Crippen molar-refractivity contribution in [3.8, 4) is 0 Å². The Balaban J connectivity index is 2.79. The summed E-state index contributed by atoms with van der Waals surface area (Å²) < 4.78 is 1.76. The van der Waals surface area contributed by atoms with Crippen LogP contribution in [0.1, 0.15) is 11.1 Å². The third-order valence-corrected chi connectivity index (χ3v) is 3.65. The van der Waals surface area contributed by atoms with Gasteiger partial charge in [-0.15, -0.1) is 0 Å². The van der Waals surface area contributed by atoms with Crippen molar-refractivity contribution in [3.63, 3.8) is 0 Å². The Kier molecular flexibility index (Phi) is 2.27. The van der Waals surface area contributed by atoms with Gasteiger partial charge in [-0.05, 0) is 36.4 Å². The first-order chi connectivity index (χ1) is 8.61. The van der Waals surface area contributed by atoms with Crippen molar-refractivity contribution in [3.05, 3.63) is 57.9 Å². The molecule has 0 saturated carbocycles. The van der Waals surface area contributed by atoms with E-state index >= 15 is 0 Å². The molecule has 2 nitrogen and oxygen atoms in total. The molecule has 2 heteroatoms. The number of aryl methyl sites for hydroxylation is 3. The first kappa shape index (κ1) is 11.0. The van der Waals surface area contributed by atoms with E-state index in [0.29, 0.717) is 0 Å². The van der Waals surface area contributed by atoms with E-state index in [0.717, 1.165) is 32.8 Å². The third-order valence-electron chi connectivity index (χ3n) is 3.65. The molecule has 2 aromatic carbocycles. The van der Waals surface area contributed by atoms with Crippen molar-refractivity contribution in [2.24, 2.45) is 7.05 Å². The first-order valence-electron chi connectivity index (χ1n) is 6.09. The summed E-state index contributed by atoms with van der Waals surface area (Å²) in [5.41, 5.74) is 3.40. The van der Waals surface area contributed by atoms with E-state index in [9.17, 15) is 4.79 Å². The zero-order valence-corrected chi connectivity index (χ0v) is 10.8. The van der Waals surface area contributed by atoms with Crippen LogP contribution in [-0.2, 0) is 7.05 Å². The maximum absolute atomic E-state index is 12.4. The molecule has 0 spiro atoms. The Morgan fingerprint density at radius 3 is 2.22 bits per heavy atom. The van der Waals surface area contributed by atoms with Gasteiger partial charge in [-0.2, -0.15) is 0 Å². The summed E-state index contributed by atoms with van der Waals surface area (Å²) >= 11 is 0. The maximum atomic E-state index is 12.4. The number of hydrogen-bond acceptors (Lipinski definition) is 1. The fourth-order valence-corrected chi connectivity index (χ4v) is 2.79. The fourth-order valence-electron chi connectivity index (χ4n) is 2.79. The zero-order valence-electron chi connectivity index (χ0n) is 10.8. The Bertz CT molecular complexity index is 828. The highest BCUT2D eigenvalue weighted by Gasteiger charge is 2.10. The lowest BCUT2D eigenvalue weighted by molar-refractivity contribution is 0.914. The molecule has 0 fully saturated rings. The van der Waals surface area contributed by atoms with Crippen LogP contribution in [0.4, 0.5) is 0 Å². The second kappa shape index (κ2) is 3.70. The number of rotatable bonds is 0. The molecule has 90 valence electrons. The van der Waals surface area contributed by atoms with Gasteiger partial charge in [-0.1, -0.05) is 30.3 Å². The summed E-state index contributed by atoms with van der Waals surface area (Å²) in [6.45, 7) is 4.11. The van der Waals surface area contributed by atoms with Gasteiger partial charge in [-0.3, -0.25) is 4.79 Å². The van der Waals surface area contributed by atoms with Gasteiger partial charge in [0.15, 0.2) is 0 Å². The predicted octanol–water partition coefficient (Wildman–Crippen LogP) is 3.31. The third kappa shape index (κ3) is 1.32. The summed E-state index contributed by atoms with van der Waals surface area (Å²) in [6, 6.07) is 12.1. The highest BCUT2D eigenvalue weighted by Crippen LogP contribution is 2.26. The summed E-state index contributed by atoms with van der Waals surface area (Å²) in [5.74, 6) is 0. The Morgan fingerprint density at radius 2 is 1.50 bits per heavy atom. The van der Waals surface area contributed by atoms with Crippen LogP contribution in [0, 0.1) is 13.8 Å². The summed E-state index contributed by atoms with van der Waals surface area (Å²) in [6.07, 6.45) is 0. The van der Waals surface area contributed by atoms with E-state index < -0.39 is 0 Å². The number of para-hydroxylation sites is 1. The highest BCUT2D eigenvalue weighted by molar-refractivity contribution is 6.08. The number of benzene rings is 2. The lowest BCUT2D eigenvalue weighted by Crippen LogP contribution is -2.18. The Labute approximate surface area is 105 Å². The Morgan fingerprint density at radius 1 is 0.889 bits per heavy atom. The topological polar surface area (TPSA) is 22.0 Å². The molecule has 0 radical (unpaired) electrons. The van der Waals surface area contributed by atoms with Crippen molar-refractivity contribution in [1.29, 1.82) is 0 Å². The number of fused-ring (bicyclic) bond motifs is 3. The summed E-state index contributed by atoms with van der Waals surface area (Å²) in [7, 11) is 1.85. The molecule has 0 atom stereocenters. The van der Waals surface area contributed by atoms with Gasteiger partial charge in [0.1, 0.15) is 0 Å². The van der Waals surface area contributed by atoms with Gasteiger partial charge in [0.25, 0.3) is 5.56 Å². The van der Waals surface area contributed by atoms with Gasteiger partial charge in [0, 0.05) is 17.8 Å². The molecule has 0 saturated heterocycles. The van der Waals surface area contributed by atoms with Crippen molar-refractivity contribution in [2.45, 2.75) is 13.8 Å². The first-order valence-corrected chi connectivity index (χ1v) is 6.09.